The summed E-state index contributed by atoms with van der Waals surface area (Å²) in [5, 5.41) is 10.1. The van der Waals surface area contributed by atoms with Crippen molar-refractivity contribution < 1.29 is 0 Å². The van der Waals surface area contributed by atoms with Crippen molar-refractivity contribution >= 4 is 60.2 Å². The molecule has 0 aliphatic carbocycles. The van der Waals surface area contributed by atoms with Crippen LogP contribution in [0.2, 0.25) is 0 Å². The number of fused-ring (bicyclic) bond motifs is 7. The monoisotopic (exact) mass is 749 g/mol. The lowest BCUT2D eigenvalue weighted by atomic mass is 9.88. The Hall–Kier alpha value is -7.74. The van der Waals surface area contributed by atoms with Crippen molar-refractivity contribution in [3.63, 3.8) is 0 Å². The van der Waals surface area contributed by atoms with E-state index in [0.717, 1.165) is 22.6 Å². The lowest BCUT2D eigenvalue weighted by Gasteiger charge is -2.30. The van der Waals surface area contributed by atoms with Gasteiger partial charge in [0, 0.05) is 16.8 Å². The molecule has 0 atom stereocenters. The Morgan fingerprint density at radius 1 is 0.237 bits per heavy atom. The van der Waals surface area contributed by atoms with Crippen LogP contribution in [0, 0.1) is 0 Å². The molecular weight excluding hydrogens is 711 g/mol. The van der Waals surface area contributed by atoms with Crippen LogP contribution in [0.5, 0.6) is 0 Å². The normalized spacial score (nSPS) is 11.4. The highest BCUT2D eigenvalue weighted by atomic mass is 15.1. The molecule has 0 unspecified atom stereocenters. The second-order valence-corrected chi connectivity index (χ2v) is 15.2. The number of para-hydroxylation sites is 2. The number of hydrogen-bond donors (Lipinski definition) is 0. The Morgan fingerprint density at radius 3 is 1.46 bits per heavy atom. The summed E-state index contributed by atoms with van der Waals surface area (Å²) < 4.78 is 0. The summed E-state index contributed by atoms with van der Waals surface area (Å²) in [6.45, 7) is 0. The Morgan fingerprint density at radius 2 is 0.729 bits per heavy atom. The van der Waals surface area contributed by atoms with E-state index in [1.54, 1.807) is 0 Å². The van der Waals surface area contributed by atoms with E-state index in [4.69, 9.17) is 0 Å². The molecule has 0 aromatic heterocycles. The van der Waals surface area contributed by atoms with Gasteiger partial charge in [-0.05, 0) is 107 Å². The maximum Gasteiger partial charge on any atom is 0.0540 e. The smallest absolute Gasteiger partial charge is 0.0540 e. The van der Waals surface area contributed by atoms with Crippen molar-refractivity contribution in [2.24, 2.45) is 0 Å². The summed E-state index contributed by atoms with van der Waals surface area (Å²) in [5.74, 6) is 0. The number of rotatable bonds is 7. The molecule has 11 aromatic rings. The van der Waals surface area contributed by atoms with E-state index in [2.05, 4.69) is 241 Å². The second-order valence-electron chi connectivity index (χ2n) is 15.2. The van der Waals surface area contributed by atoms with Crippen LogP contribution in [0.25, 0.3) is 87.6 Å². The zero-order valence-electron chi connectivity index (χ0n) is 32.5. The Labute approximate surface area is 344 Å². The Bertz CT molecular complexity index is 3330. The summed E-state index contributed by atoms with van der Waals surface area (Å²) in [4.78, 5) is 2.48. The van der Waals surface area contributed by atoms with E-state index in [1.807, 2.05) is 0 Å². The molecule has 0 bridgehead atoms. The van der Waals surface area contributed by atoms with Gasteiger partial charge in [0.25, 0.3) is 0 Å². The summed E-state index contributed by atoms with van der Waals surface area (Å²) in [5.41, 5.74) is 12.8. The molecule has 0 radical (unpaired) electrons. The molecule has 0 N–H and O–H groups in total. The average Bonchev–Trinajstić information content (AvgIpc) is 3.32. The van der Waals surface area contributed by atoms with Crippen molar-refractivity contribution in [1.29, 1.82) is 0 Å². The summed E-state index contributed by atoms with van der Waals surface area (Å²) in [6.07, 6.45) is 0. The quantitative estimate of drug-likeness (QED) is 0.147. The van der Waals surface area contributed by atoms with Gasteiger partial charge >= 0.3 is 0 Å². The fourth-order valence-corrected chi connectivity index (χ4v) is 9.16. The minimum absolute atomic E-state index is 1.09. The SMILES string of the molecule is c1ccc(-c2ccccc2-c2cccc(N(c3ccccc3-c3ccccc3)c3ccccc3-c3cc4ccccc4c4c3ccc3ccc5ccccc5c34)c2)cc1. The molecule has 0 spiro atoms. The van der Waals surface area contributed by atoms with Gasteiger partial charge in [0.2, 0.25) is 0 Å². The standard InChI is InChI=1S/C58H39N/c1-3-18-40(19-4-1)47-26-11-12-27-48(47)44-24-17-25-46(38-44)59(55-32-15-13-28-49(55)41-20-5-2-6-21-41)56-33-16-14-31-52(56)54-39-45-23-8-10-30-51(45)58-53(54)37-36-43-35-34-42-22-7-9-29-50(42)57(43)58/h1-39H. The zero-order valence-corrected chi connectivity index (χ0v) is 32.5. The first kappa shape index (κ1) is 34.5. The highest BCUT2D eigenvalue weighted by molar-refractivity contribution is 6.30. The molecule has 59 heavy (non-hydrogen) atoms. The van der Waals surface area contributed by atoms with Crippen molar-refractivity contribution in [1.82, 2.24) is 0 Å². The van der Waals surface area contributed by atoms with E-state index in [1.165, 1.54) is 82.0 Å². The molecule has 0 saturated carbocycles. The van der Waals surface area contributed by atoms with E-state index in [-0.39, 0.29) is 0 Å². The molecule has 0 amide bonds. The topological polar surface area (TPSA) is 3.24 Å². The van der Waals surface area contributed by atoms with Crippen LogP contribution < -0.4 is 4.90 Å². The van der Waals surface area contributed by atoms with Crippen molar-refractivity contribution in [3.8, 4) is 44.5 Å². The molecule has 0 saturated heterocycles. The summed E-state index contributed by atoms with van der Waals surface area (Å²) >= 11 is 0. The molecule has 1 nitrogen and oxygen atoms in total. The molecule has 1 heteroatoms. The van der Waals surface area contributed by atoms with Gasteiger partial charge in [-0.3, -0.25) is 0 Å². The first-order chi connectivity index (χ1) is 29.3. The van der Waals surface area contributed by atoms with E-state index in [9.17, 15) is 0 Å². The van der Waals surface area contributed by atoms with Crippen LogP contribution in [0.1, 0.15) is 0 Å². The lowest BCUT2D eigenvalue weighted by molar-refractivity contribution is 1.28. The van der Waals surface area contributed by atoms with Crippen LogP contribution in [0.4, 0.5) is 17.1 Å². The third kappa shape index (κ3) is 6.04. The van der Waals surface area contributed by atoms with E-state index in [0.29, 0.717) is 0 Å². The second kappa shape index (κ2) is 14.6. The van der Waals surface area contributed by atoms with Gasteiger partial charge in [0.1, 0.15) is 0 Å². The maximum atomic E-state index is 2.48. The molecule has 11 aromatic carbocycles. The highest BCUT2D eigenvalue weighted by Crippen LogP contribution is 2.49. The van der Waals surface area contributed by atoms with Crippen molar-refractivity contribution in [2.45, 2.75) is 0 Å². The third-order valence-electron chi connectivity index (χ3n) is 11.8. The summed E-state index contributed by atoms with van der Waals surface area (Å²) in [7, 11) is 0. The molecule has 276 valence electrons. The molecule has 0 aliphatic heterocycles. The van der Waals surface area contributed by atoms with Gasteiger partial charge in [0.05, 0.1) is 11.4 Å². The van der Waals surface area contributed by atoms with Crippen LogP contribution >= 0.6 is 0 Å². The van der Waals surface area contributed by atoms with E-state index >= 15 is 0 Å². The maximum absolute atomic E-state index is 2.48. The molecule has 11 rings (SSSR count). The first-order valence-electron chi connectivity index (χ1n) is 20.3. The van der Waals surface area contributed by atoms with Crippen molar-refractivity contribution in [2.75, 3.05) is 4.90 Å². The van der Waals surface area contributed by atoms with Gasteiger partial charge in [-0.15, -0.1) is 0 Å². The van der Waals surface area contributed by atoms with Crippen LogP contribution in [0.3, 0.4) is 0 Å². The van der Waals surface area contributed by atoms with E-state index < -0.39 is 0 Å². The predicted molar refractivity (Wildman–Crippen MR) is 253 cm³/mol. The summed E-state index contributed by atoms with van der Waals surface area (Å²) in [6, 6.07) is 86.3. The Kier molecular flexibility index (Phi) is 8.56. The fourth-order valence-electron chi connectivity index (χ4n) is 9.16. The molecule has 0 fully saturated rings. The molecule has 0 aliphatic rings. The van der Waals surface area contributed by atoms with Gasteiger partial charge in [-0.25, -0.2) is 0 Å². The predicted octanol–water partition coefficient (Wildman–Crippen LogP) is 16.4. The fraction of sp³-hybridized carbons (Fsp3) is 0. The highest BCUT2D eigenvalue weighted by Gasteiger charge is 2.23. The largest absolute Gasteiger partial charge is 0.309 e. The van der Waals surface area contributed by atoms with Gasteiger partial charge in [-0.1, -0.05) is 206 Å². The Balaban J connectivity index is 1.20. The number of hydrogen-bond acceptors (Lipinski definition) is 1. The van der Waals surface area contributed by atoms with Crippen LogP contribution in [-0.2, 0) is 0 Å². The number of anilines is 3. The lowest BCUT2D eigenvalue weighted by Crippen LogP contribution is -2.12. The van der Waals surface area contributed by atoms with Gasteiger partial charge in [-0.2, -0.15) is 0 Å². The van der Waals surface area contributed by atoms with Crippen molar-refractivity contribution in [3.05, 3.63) is 237 Å². The number of nitrogens with zero attached hydrogens (tertiary/aromatic N) is 1. The zero-order chi connectivity index (χ0) is 39.1. The number of benzene rings is 11. The minimum atomic E-state index is 1.09. The molecular formula is C58H39N. The minimum Gasteiger partial charge on any atom is -0.309 e. The molecule has 0 heterocycles. The third-order valence-corrected chi connectivity index (χ3v) is 11.8. The van der Waals surface area contributed by atoms with Gasteiger partial charge < -0.3 is 4.90 Å². The van der Waals surface area contributed by atoms with Crippen LogP contribution in [-0.4, -0.2) is 0 Å². The average molecular weight is 750 g/mol. The van der Waals surface area contributed by atoms with Crippen LogP contribution in [0.15, 0.2) is 237 Å². The van der Waals surface area contributed by atoms with Gasteiger partial charge in [0.15, 0.2) is 0 Å². The first-order valence-corrected chi connectivity index (χ1v) is 20.3.